The number of aliphatic imine (C=N–C) groups is 1. The fraction of sp³-hybridized carbons (Fsp3) is 0.875. The van der Waals surface area contributed by atoms with Gasteiger partial charge in [0.25, 0.3) is 0 Å². The third kappa shape index (κ3) is 3.57. The maximum atomic E-state index is 5.37. The lowest BCUT2D eigenvalue weighted by molar-refractivity contribution is 0.670. The molecule has 0 radical (unpaired) electrons. The van der Waals surface area contributed by atoms with Crippen molar-refractivity contribution in [3.8, 4) is 0 Å². The van der Waals surface area contributed by atoms with E-state index in [0.717, 1.165) is 51.4 Å². The predicted octanol–water partition coefficient (Wildman–Crippen LogP) is -0.336. The Bertz CT molecular complexity index is 144. The summed E-state index contributed by atoms with van der Waals surface area (Å²) in [6.07, 6.45) is 3.35. The van der Waals surface area contributed by atoms with Crippen molar-refractivity contribution in [1.82, 2.24) is 10.6 Å². The molecule has 0 bridgehead atoms. The van der Waals surface area contributed by atoms with Crippen molar-refractivity contribution >= 4 is 5.96 Å². The lowest BCUT2D eigenvalue weighted by Crippen LogP contribution is -2.41. The van der Waals surface area contributed by atoms with Crippen molar-refractivity contribution in [3.63, 3.8) is 0 Å². The minimum atomic E-state index is 0.779. The van der Waals surface area contributed by atoms with Gasteiger partial charge in [-0.1, -0.05) is 0 Å². The molecule has 70 valence electrons. The predicted molar refractivity (Wildman–Crippen MR) is 51.2 cm³/mol. The molecular weight excluding hydrogens is 152 g/mol. The van der Waals surface area contributed by atoms with Gasteiger partial charge in [0.05, 0.1) is 0 Å². The molecule has 0 aromatic rings. The molecule has 0 amide bonds. The van der Waals surface area contributed by atoms with Crippen LogP contribution in [0.1, 0.15) is 19.3 Å². The van der Waals surface area contributed by atoms with Gasteiger partial charge in [-0.3, -0.25) is 4.99 Å². The standard InChI is InChI=1S/C8H18N4/c9-4-1-2-5-10-8-11-6-3-7-12-8/h1-7,9H2,(H2,10,11,12). The maximum absolute atomic E-state index is 5.37. The first-order chi connectivity index (χ1) is 5.93. The van der Waals surface area contributed by atoms with Crippen molar-refractivity contribution < 1.29 is 0 Å². The molecule has 1 aliphatic rings. The summed E-state index contributed by atoms with van der Waals surface area (Å²) in [5, 5.41) is 6.44. The van der Waals surface area contributed by atoms with Gasteiger partial charge in [0, 0.05) is 19.6 Å². The summed E-state index contributed by atoms with van der Waals surface area (Å²) in [7, 11) is 0. The van der Waals surface area contributed by atoms with Gasteiger partial charge in [0.1, 0.15) is 0 Å². The van der Waals surface area contributed by atoms with E-state index in [-0.39, 0.29) is 0 Å². The van der Waals surface area contributed by atoms with Crippen LogP contribution in [-0.4, -0.2) is 32.1 Å². The van der Waals surface area contributed by atoms with Crippen LogP contribution in [0, 0.1) is 0 Å². The molecule has 1 aliphatic heterocycles. The van der Waals surface area contributed by atoms with Crippen LogP contribution in [0.5, 0.6) is 0 Å². The van der Waals surface area contributed by atoms with Crippen molar-refractivity contribution in [2.75, 3.05) is 26.2 Å². The molecule has 0 saturated heterocycles. The molecule has 0 unspecified atom stereocenters. The van der Waals surface area contributed by atoms with Crippen LogP contribution in [0.25, 0.3) is 0 Å². The van der Waals surface area contributed by atoms with Crippen molar-refractivity contribution in [1.29, 1.82) is 0 Å². The summed E-state index contributed by atoms with van der Waals surface area (Å²) in [4.78, 5) is 4.29. The van der Waals surface area contributed by atoms with Crippen LogP contribution < -0.4 is 16.4 Å². The summed E-state index contributed by atoms with van der Waals surface area (Å²) in [6.45, 7) is 3.75. The fourth-order valence-electron chi connectivity index (χ4n) is 1.13. The highest BCUT2D eigenvalue weighted by Gasteiger charge is 2.00. The molecule has 1 rings (SSSR count). The molecule has 4 N–H and O–H groups in total. The smallest absolute Gasteiger partial charge is 0.191 e. The van der Waals surface area contributed by atoms with Gasteiger partial charge in [-0.15, -0.1) is 0 Å². The van der Waals surface area contributed by atoms with E-state index in [2.05, 4.69) is 15.6 Å². The average Bonchev–Trinajstić information content (AvgIpc) is 2.14. The van der Waals surface area contributed by atoms with E-state index in [1.54, 1.807) is 0 Å². The van der Waals surface area contributed by atoms with E-state index in [1.165, 1.54) is 0 Å². The second kappa shape index (κ2) is 5.83. The Hall–Kier alpha value is -0.770. The van der Waals surface area contributed by atoms with Gasteiger partial charge in [0.2, 0.25) is 0 Å². The van der Waals surface area contributed by atoms with Gasteiger partial charge < -0.3 is 16.4 Å². The topological polar surface area (TPSA) is 62.4 Å². The van der Waals surface area contributed by atoms with E-state index < -0.39 is 0 Å². The van der Waals surface area contributed by atoms with Crippen molar-refractivity contribution in [2.24, 2.45) is 10.7 Å². The van der Waals surface area contributed by atoms with Crippen LogP contribution in [0.15, 0.2) is 4.99 Å². The SMILES string of the molecule is NCCCCNC1=NCCCN1. The minimum absolute atomic E-state index is 0.779. The summed E-state index contributed by atoms with van der Waals surface area (Å²) in [5.74, 6) is 0.957. The average molecular weight is 170 g/mol. The second-order valence-corrected chi connectivity index (χ2v) is 2.93. The Balaban J connectivity index is 2.01. The van der Waals surface area contributed by atoms with Gasteiger partial charge in [0.15, 0.2) is 5.96 Å². The normalized spacial score (nSPS) is 16.6. The molecule has 0 saturated carbocycles. The number of guanidine groups is 1. The molecule has 0 aromatic carbocycles. The molecule has 1 heterocycles. The van der Waals surface area contributed by atoms with Gasteiger partial charge >= 0.3 is 0 Å². The Morgan fingerprint density at radius 1 is 1.50 bits per heavy atom. The third-order valence-corrected chi connectivity index (χ3v) is 1.82. The number of rotatable bonds is 4. The largest absolute Gasteiger partial charge is 0.356 e. The number of unbranched alkanes of at least 4 members (excludes halogenated alkanes) is 1. The van der Waals surface area contributed by atoms with Crippen LogP contribution >= 0.6 is 0 Å². The number of nitrogens with zero attached hydrogens (tertiary/aromatic N) is 1. The van der Waals surface area contributed by atoms with Crippen LogP contribution in [0.3, 0.4) is 0 Å². The van der Waals surface area contributed by atoms with Crippen LogP contribution in [-0.2, 0) is 0 Å². The monoisotopic (exact) mass is 170 g/mol. The lowest BCUT2D eigenvalue weighted by atomic mass is 10.3. The van der Waals surface area contributed by atoms with Crippen LogP contribution in [0.4, 0.5) is 0 Å². The molecule has 4 heteroatoms. The molecule has 12 heavy (non-hydrogen) atoms. The van der Waals surface area contributed by atoms with E-state index in [1.807, 2.05) is 0 Å². The Morgan fingerprint density at radius 2 is 2.42 bits per heavy atom. The second-order valence-electron chi connectivity index (χ2n) is 2.93. The first-order valence-corrected chi connectivity index (χ1v) is 4.66. The van der Waals surface area contributed by atoms with E-state index in [9.17, 15) is 0 Å². The molecule has 0 spiro atoms. The third-order valence-electron chi connectivity index (χ3n) is 1.82. The zero-order chi connectivity index (χ0) is 8.65. The number of nitrogens with two attached hydrogens (primary N) is 1. The van der Waals surface area contributed by atoms with Gasteiger partial charge in [-0.25, -0.2) is 0 Å². The number of hydrogen-bond donors (Lipinski definition) is 3. The lowest BCUT2D eigenvalue weighted by Gasteiger charge is -2.15. The first kappa shape index (κ1) is 9.32. The molecule has 0 fully saturated rings. The summed E-state index contributed by atoms with van der Waals surface area (Å²) < 4.78 is 0. The summed E-state index contributed by atoms with van der Waals surface area (Å²) >= 11 is 0. The number of hydrogen-bond acceptors (Lipinski definition) is 4. The molecule has 4 nitrogen and oxygen atoms in total. The molecular formula is C8H18N4. The van der Waals surface area contributed by atoms with Crippen LogP contribution in [0.2, 0.25) is 0 Å². The van der Waals surface area contributed by atoms with E-state index in [4.69, 9.17) is 5.73 Å². The Kier molecular flexibility index (Phi) is 4.52. The molecule has 0 atom stereocenters. The summed E-state index contributed by atoms with van der Waals surface area (Å²) in [5.41, 5.74) is 5.37. The molecule has 0 aliphatic carbocycles. The number of nitrogens with one attached hydrogen (secondary N) is 2. The highest BCUT2D eigenvalue weighted by Crippen LogP contribution is 1.88. The van der Waals surface area contributed by atoms with Gasteiger partial charge in [-0.2, -0.15) is 0 Å². The quantitative estimate of drug-likeness (QED) is 0.506. The van der Waals surface area contributed by atoms with Crippen molar-refractivity contribution in [3.05, 3.63) is 0 Å². The fourth-order valence-corrected chi connectivity index (χ4v) is 1.13. The highest BCUT2D eigenvalue weighted by molar-refractivity contribution is 5.80. The Morgan fingerprint density at radius 3 is 3.08 bits per heavy atom. The van der Waals surface area contributed by atoms with E-state index in [0.29, 0.717) is 0 Å². The van der Waals surface area contributed by atoms with Crippen molar-refractivity contribution in [2.45, 2.75) is 19.3 Å². The zero-order valence-corrected chi connectivity index (χ0v) is 7.47. The highest BCUT2D eigenvalue weighted by atomic mass is 15.2. The zero-order valence-electron chi connectivity index (χ0n) is 7.47. The first-order valence-electron chi connectivity index (χ1n) is 4.66. The maximum Gasteiger partial charge on any atom is 0.191 e. The summed E-state index contributed by atoms with van der Waals surface area (Å²) in [6, 6.07) is 0. The van der Waals surface area contributed by atoms with Gasteiger partial charge in [-0.05, 0) is 25.8 Å². The minimum Gasteiger partial charge on any atom is -0.356 e. The molecule has 0 aromatic heterocycles. The van der Waals surface area contributed by atoms with E-state index >= 15 is 0 Å². The Labute approximate surface area is 73.6 Å².